The van der Waals surface area contributed by atoms with Crippen molar-refractivity contribution in [2.24, 2.45) is 0 Å². The number of carbonyl (C=O) groups excluding carboxylic acids is 1. The van der Waals surface area contributed by atoms with Crippen molar-refractivity contribution in [3.63, 3.8) is 0 Å². The molecule has 31 heavy (non-hydrogen) atoms. The first kappa shape index (κ1) is 21.2. The van der Waals surface area contributed by atoms with Gasteiger partial charge >= 0.3 is 6.36 Å². The average molecular weight is 433 g/mol. The number of hydrogen-bond donors (Lipinski definition) is 1. The molecule has 0 radical (unpaired) electrons. The third-order valence-corrected chi connectivity index (χ3v) is 5.20. The van der Waals surface area contributed by atoms with Gasteiger partial charge in [-0.15, -0.1) is 13.2 Å². The van der Waals surface area contributed by atoms with Crippen molar-refractivity contribution >= 4 is 11.3 Å². The lowest BCUT2D eigenvalue weighted by molar-refractivity contribution is -0.274. The Morgan fingerprint density at radius 1 is 1.26 bits per heavy atom. The lowest BCUT2D eigenvalue weighted by atomic mass is 9.84. The zero-order chi connectivity index (χ0) is 22.2. The molecule has 164 valence electrons. The molecule has 3 heterocycles. The Balaban J connectivity index is 1.65. The topological polar surface area (TPSA) is 64.9 Å². The lowest BCUT2D eigenvalue weighted by Gasteiger charge is -2.23. The minimum atomic E-state index is -4.81. The van der Waals surface area contributed by atoms with E-state index in [1.807, 2.05) is 26.0 Å². The van der Waals surface area contributed by atoms with Gasteiger partial charge in [-0.3, -0.25) is 9.20 Å². The van der Waals surface area contributed by atoms with Gasteiger partial charge in [0.1, 0.15) is 23.7 Å². The Morgan fingerprint density at radius 2 is 2.06 bits per heavy atom. The molecule has 0 saturated carbocycles. The van der Waals surface area contributed by atoms with E-state index in [1.54, 1.807) is 12.3 Å². The molecule has 1 aliphatic rings. The number of hydrogen-bond acceptors (Lipinski definition) is 5. The smallest absolute Gasteiger partial charge is 0.491 e. The Labute approximate surface area is 177 Å². The fourth-order valence-corrected chi connectivity index (χ4v) is 3.85. The molecule has 4 rings (SSSR count). The van der Waals surface area contributed by atoms with Crippen molar-refractivity contribution in [1.29, 1.82) is 0 Å². The lowest BCUT2D eigenvalue weighted by Crippen LogP contribution is -2.25. The van der Waals surface area contributed by atoms with Gasteiger partial charge in [0.2, 0.25) is 0 Å². The summed E-state index contributed by atoms with van der Waals surface area (Å²) in [4.78, 5) is 17.5. The largest absolute Gasteiger partial charge is 0.573 e. The van der Waals surface area contributed by atoms with Crippen LogP contribution in [0.2, 0.25) is 0 Å². The molecule has 6 nitrogen and oxygen atoms in total. The summed E-state index contributed by atoms with van der Waals surface area (Å²) in [6, 6.07) is 8.16. The quantitative estimate of drug-likeness (QED) is 0.609. The van der Waals surface area contributed by atoms with Crippen LogP contribution >= 0.6 is 0 Å². The van der Waals surface area contributed by atoms with Gasteiger partial charge < -0.3 is 14.8 Å². The highest BCUT2D eigenvalue weighted by Crippen LogP contribution is 2.34. The Bertz CT molecular complexity index is 1120. The number of pyridine rings is 1. The summed E-state index contributed by atoms with van der Waals surface area (Å²) in [6.07, 6.45) is -1.77. The summed E-state index contributed by atoms with van der Waals surface area (Å²) in [7, 11) is 0. The second-order valence-corrected chi connectivity index (χ2v) is 8.06. The van der Waals surface area contributed by atoms with E-state index in [0.717, 1.165) is 5.56 Å². The molecular formula is C22H22F3N3O3. The first-order valence-corrected chi connectivity index (χ1v) is 9.87. The fraction of sp³-hybridized carbons (Fsp3) is 0.364. The van der Waals surface area contributed by atoms with Crippen LogP contribution in [0.4, 0.5) is 13.2 Å². The minimum absolute atomic E-state index is 0.101. The Hall–Kier alpha value is -3.07. The number of carbonyl (C=O) groups is 1. The number of rotatable bonds is 5. The fourth-order valence-electron chi connectivity index (χ4n) is 3.85. The maximum absolute atomic E-state index is 13.2. The van der Waals surface area contributed by atoms with Crippen molar-refractivity contribution < 1.29 is 27.4 Å². The molecule has 0 unspecified atom stereocenters. The second kappa shape index (κ2) is 7.88. The SMILES string of the molecule is CC(C)(CC(=O)c1cccc2c1OCCNC2)c1ncc2c(OC(F)(F)F)cccn12. The van der Waals surface area contributed by atoms with E-state index < -0.39 is 11.8 Å². The molecule has 1 N–H and O–H groups in total. The highest BCUT2D eigenvalue weighted by molar-refractivity contribution is 5.99. The van der Waals surface area contributed by atoms with Gasteiger partial charge in [-0.05, 0) is 18.2 Å². The van der Waals surface area contributed by atoms with Gasteiger partial charge in [-0.1, -0.05) is 26.0 Å². The number of aromatic nitrogens is 2. The third kappa shape index (κ3) is 4.36. The number of Topliss-reactive ketones (excluding diaryl/α,β-unsaturated/α-hetero) is 1. The highest BCUT2D eigenvalue weighted by atomic mass is 19.4. The Morgan fingerprint density at radius 3 is 2.84 bits per heavy atom. The highest BCUT2D eigenvalue weighted by Gasteiger charge is 2.34. The van der Waals surface area contributed by atoms with Crippen LogP contribution in [0.1, 0.15) is 42.0 Å². The van der Waals surface area contributed by atoms with E-state index in [1.165, 1.54) is 22.7 Å². The molecule has 0 atom stereocenters. The van der Waals surface area contributed by atoms with Crippen LogP contribution in [0.15, 0.2) is 42.7 Å². The molecule has 0 spiro atoms. The number of imidazole rings is 1. The summed E-state index contributed by atoms with van der Waals surface area (Å²) in [6.45, 7) is 5.44. The molecule has 0 bridgehead atoms. The van der Waals surface area contributed by atoms with Crippen molar-refractivity contribution in [3.05, 3.63) is 59.7 Å². The summed E-state index contributed by atoms with van der Waals surface area (Å²) in [5.41, 5.74) is 0.836. The predicted octanol–water partition coefficient (Wildman–Crippen LogP) is 4.27. The second-order valence-electron chi connectivity index (χ2n) is 8.06. The van der Waals surface area contributed by atoms with Gasteiger partial charge in [-0.2, -0.15) is 0 Å². The van der Waals surface area contributed by atoms with Crippen LogP contribution in [-0.4, -0.2) is 34.7 Å². The molecule has 0 fully saturated rings. The summed E-state index contributed by atoms with van der Waals surface area (Å²) >= 11 is 0. The van der Waals surface area contributed by atoms with E-state index in [4.69, 9.17) is 4.74 Å². The molecule has 0 aliphatic carbocycles. The summed E-state index contributed by atoms with van der Waals surface area (Å²) in [5, 5.41) is 3.24. The van der Waals surface area contributed by atoms with Crippen molar-refractivity contribution in [3.8, 4) is 11.5 Å². The maximum Gasteiger partial charge on any atom is 0.573 e. The first-order valence-electron chi connectivity index (χ1n) is 9.87. The van der Waals surface area contributed by atoms with Gasteiger partial charge in [0.25, 0.3) is 0 Å². The molecule has 0 saturated heterocycles. The molecular weight excluding hydrogens is 411 g/mol. The number of nitrogens with one attached hydrogen (secondary N) is 1. The number of alkyl halides is 3. The zero-order valence-corrected chi connectivity index (χ0v) is 17.1. The zero-order valence-electron chi connectivity index (χ0n) is 17.1. The van der Waals surface area contributed by atoms with Gasteiger partial charge in [0.15, 0.2) is 11.5 Å². The molecule has 3 aromatic rings. The summed E-state index contributed by atoms with van der Waals surface area (Å²) in [5.74, 6) is 0.587. The number of halogens is 3. The number of ether oxygens (including phenoxy) is 2. The van der Waals surface area contributed by atoms with Gasteiger partial charge in [-0.25, -0.2) is 4.98 Å². The van der Waals surface area contributed by atoms with Crippen LogP contribution in [0.3, 0.4) is 0 Å². The van der Waals surface area contributed by atoms with Crippen molar-refractivity contribution in [2.75, 3.05) is 13.2 Å². The van der Waals surface area contributed by atoms with E-state index in [0.29, 0.717) is 36.8 Å². The number of benzene rings is 1. The minimum Gasteiger partial charge on any atom is -0.491 e. The third-order valence-electron chi connectivity index (χ3n) is 5.20. The number of fused-ring (bicyclic) bond motifs is 2. The van der Waals surface area contributed by atoms with Crippen LogP contribution in [0.25, 0.3) is 5.52 Å². The molecule has 1 aromatic carbocycles. The molecule has 0 amide bonds. The van der Waals surface area contributed by atoms with E-state index >= 15 is 0 Å². The van der Waals surface area contributed by atoms with Crippen LogP contribution < -0.4 is 14.8 Å². The van der Waals surface area contributed by atoms with Crippen LogP contribution in [0.5, 0.6) is 11.5 Å². The monoisotopic (exact) mass is 433 g/mol. The Kier molecular flexibility index (Phi) is 5.38. The predicted molar refractivity (Wildman–Crippen MR) is 107 cm³/mol. The molecule has 9 heteroatoms. The number of para-hydroxylation sites is 1. The van der Waals surface area contributed by atoms with Crippen molar-refractivity contribution in [1.82, 2.24) is 14.7 Å². The van der Waals surface area contributed by atoms with E-state index in [-0.39, 0.29) is 23.5 Å². The van der Waals surface area contributed by atoms with E-state index in [9.17, 15) is 18.0 Å². The van der Waals surface area contributed by atoms with E-state index in [2.05, 4.69) is 15.0 Å². The number of ketones is 1. The van der Waals surface area contributed by atoms with Gasteiger partial charge in [0, 0.05) is 36.7 Å². The normalized spacial score (nSPS) is 14.6. The van der Waals surface area contributed by atoms with Crippen LogP contribution in [-0.2, 0) is 12.0 Å². The van der Waals surface area contributed by atoms with Crippen LogP contribution in [0, 0.1) is 0 Å². The summed E-state index contributed by atoms with van der Waals surface area (Å²) < 4.78 is 49.6. The van der Waals surface area contributed by atoms with Gasteiger partial charge in [0.05, 0.1) is 11.8 Å². The molecule has 1 aliphatic heterocycles. The average Bonchev–Trinajstić information content (AvgIpc) is 2.99. The first-order chi connectivity index (χ1) is 14.7. The maximum atomic E-state index is 13.2. The van der Waals surface area contributed by atoms with Crippen molar-refractivity contribution in [2.45, 2.75) is 38.6 Å². The molecule has 2 aromatic heterocycles. The number of nitrogens with zero attached hydrogens (tertiary/aromatic N) is 2. The standard InChI is InChI=1S/C22H22F3N3O3/c1-21(2,11-17(29)15-6-3-5-14-12-26-8-10-30-19(14)15)20-27-13-16-18(31-22(23,24)25)7-4-9-28(16)20/h3-7,9,13,26H,8,10-12H2,1-2H3.